The van der Waals surface area contributed by atoms with Crippen LogP contribution in [0.3, 0.4) is 0 Å². The molecule has 0 amide bonds. The van der Waals surface area contributed by atoms with Gasteiger partial charge in [-0.3, -0.25) is 4.79 Å². The summed E-state index contributed by atoms with van der Waals surface area (Å²) in [6.45, 7) is 6.16. The average Bonchev–Trinajstić information content (AvgIpc) is 2.28. The van der Waals surface area contributed by atoms with Crippen molar-refractivity contribution >= 4 is 5.97 Å². The molecule has 4 atom stereocenters. The third-order valence-electron chi connectivity index (χ3n) is 3.67. The summed E-state index contributed by atoms with van der Waals surface area (Å²) in [7, 11) is 1.38. The van der Waals surface area contributed by atoms with Crippen molar-refractivity contribution in [3.05, 3.63) is 11.6 Å². The van der Waals surface area contributed by atoms with Gasteiger partial charge in [0.25, 0.3) is 0 Å². The molecule has 0 spiro atoms. The number of hydrogen-bond donors (Lipinski definition) is 1. The molecule has 0 aromatic carbocycles. The van der Waals surface area contributed by atoms with Gasteiger partial charge in [0.1, 0.15) is 0 Å². The minimum atomic E-state index is -0.585. The summed E-state index contributed by atoms with van der Waals surface area (Å²) in [6.07, 6.45) is 4.13. The SMILES string of the molecule is CCC(C(=O)OC)C(O)C1CC(C)=CC(C)C1. The van der Waals surface area contributed by atoms with Gasteiger partial charge in [-0.2, -0.15) is 0 Å². The molecule has 0 fully saturated rings. The molecule has 0 aliphatic heterocycles. The van der Waals surface area contributed by atoms with E-state index in [0.29, 0.717) is 12.3 Å². The van der Waals surface area contributed by atoms with Crippen molar-refractivity contribution in [1.29, 1.82) is 0 Å². The van der Waals surface area contributed by atoms with Gasteiger partial charge in [-0.05, 0) is 38.0 Å². The van der Waals surface area contributed by atoms with E-state index in [1.54, 1.807) is 0 Å². The van der Waals surface area contributed by atoms with Crippen LogP contribution in [0.25, 0.3) is 0 Å². The minimum Gasteiger partial charge on any atom is -0.469 e. The van der Waals surface area contributed by atoms with Crippen LogP contribution < -0.4 is 0 Å². The Kier molecular flexibility index (Phi) is 5.19. The maximum absolute atomic E-state index is 11.6. The molecule has 0 aromatic rings. The highest BCUT2D eigenvalue weighted by Gasteiger charge is 2.34. The highest BCUT2D eigenvalue weighted by molar-refractivity contribution is 5.72. The Balaban J connectivity index is 2.71. The first-order valence-electron chi connectivity index (χ1n) is 6.42. The molecule has 0 heterocycles. The number of methoxy groups -OCH3 is 1. The van der Waals surface area contributed by atoms with Crippen LogP contribution in [0.4, 0.5) is 0 Å². The van der Waals surface area contributed by atoms with Crippen molar-refractivity contribution in [1.82, 2.24) is 0 Å². The van der Waals surface area contributed by atoms with E-state index in [1.165, 1.54) is 12.7 Å². The first kappa shape index (κ1) is 14.2. The van der Waals surface area contributed by atoms with Gasteiger partial charge < -0.3 is 9.84 Å². The molecule has 0 radical (unpaired) electrons. The molecule has 1 aliphatic carbocycles. The van der Waals surface area contributed by atoms with Crippen molar-refractivity contribution in [3.63, 3.8) is 0 Å². The molecular weight excluding hydrogens is 216 g/mol. The zero-order valence-electron chi connectivity index (χ0n) is 11.3. The van der Waals surface area contributed by atoms with Crippen molar-refractivity contribution in [2.75, 3.05) is 7.11 Å². The van der Waals surface area contributed by atoms with E-state index in [4.69, 9.17) is 4.74 Å². The Hall–Kier alpha value is -0.830. The van der Waals surface area contributed by atoms with Crippen LogP contribution in [0.15, 0.2) is 11.6 Å². The van der Waals surface area contributed by atoms with E-state index < -0.39 is 6.10 Å². The van der Waals surface area contributed by atoms with Gasteiger partial charge >= 0.3 is 5.97 Å². The highest BCUT2D eigenvalue weighted by Crippen LogP contribution is 2.33. The van der Waals surface area contributed by atoms with Crippen molar-refractivity contribution in [2.24, 2.45) is 17.8 Å². The van der Waals surface area contributed by atoms with Gasteiger partial charge in [0.2, 0.25) is 0 Å². The molecule has 3 heteroatoms. The largest absolute Gasteiger partial charge is 0.469 e. The smallest absolute Gasteiger partial charge is 0.311 e. The Morgan fingerprint density at radius 2 is 2.29 bits per heavy atom. The van der Waals surface area contributed by atoms with Crippen molar-refractivity contribution in [3.8, 4) is 0 Å². The van der Waals surface area contributed by atoms with Crippen LogP contribution >= 0.6 is 0 Å². The van der Waals surface area contributed by atoms with Gasteiger partial charge in [0.15, 0.2) is 0 Å². The lowest BCUT2D eigenvalue weighted by Crippen LogP contribution is -2.36. The van der Waals surface area contributed by atoms with Crippen LogP contribution in [-0.2, 0) is 9.53 Å². The lowest BCUT2D eigenvalue weighted by atomic mass is 9.76. The van der Waals surface area contributed by atoms with Crippen LogP contribution in [0.2, 0.25) is 0 Å². The molecule has 0 aromatic heterocycles. The highest BCUT2D eigenvalue weighted by atomic mass is 16.5. The van der Waals surface area contributed by atoms with E-state index >= 15 is 0 Å². The second-order valence-corrected chi connectivity index (χ2v) is 5.22. The third kappa shape index (κ3) is 3.56. The second kappa shape index (κ2) is 6.20. The molecular formula is C14H24O3. The molecule has 0 saturated heterocycles. The fraction of sp³-hybridized carbons (Fsp3) is 0.786. The van der Waals surface area contributed by atoms with Gasteiger partial charge in [0.05, 0.1) is 19.1 Å². The molecule has 98 valence electrons. The summed E-state index contributed by atoms with van der Waals surface area (Å²) in [5.74, 6) is -0.0134. The van der Waals surface area contributed by atoms with Gasteiger partial charge in [0, 0.05) is 0 Å². The fourth-order valence-corrected chi connectivity index (χ4v) is 2.88. The van der Waals surface area contributed by atoms with Crippen LogP contribution in [0, 0.1) is 17.8 Å². The second-order valence-electron chi connectivity index (χ2n) is 5.22. The summed E-state index contributed by atoms with van der Waals surface area (Å²) in [5, 5.41) is 10.3. The quantitative estimate of drug-likeness (QED) is 0.607. The van der Waals surface area contributed by atoms with Gasteiger partial charge in [-0.25, -0.2) is 0 Å². The van der Waals surface area contributed by atoms with E-state index in [1.807, 2.05) is 6.92 Å². The number of allylic oxidation sites excluding steroid dienone is 2. The van der Waals surface area contributed by atoms with Gasteiger partial charge in [-0.1, -0.05) is 25.5 Å². The number of ether oxygens (including phenoxy) is 1. The molecule has 1 aliphatic rings. The average molecular weight is 240 g/mol. The first-order valence-corrected chi connectivity index (χ1v) is 6.42. The number of carbonyl (C=O) groups is 1. The Labute approximate surface area is 104 Å². The number of hydrogen-bond acceptors (Lipinski definition) is 3. The topological polar surface area (TPSA) is 46.5 Å². The van der Waals surface area contributed by atoms with E-state index in [9.17, 15) is 9.90 Å². The summed E-state index contributed by atoms with van der Waals surface area (Å²) in [5.41, 5.74) is 1.31. The zero-order chi connectivity index (χ0) is 13.0. The minimum absolute atomic E-state index is 0.180. The van der Waals surface area contributed by atoms with Crippen LogP contribution in [0.5, 0.6) is 0 Å². The number of aliphatic hydroxyl groups excluding tert-OH is 1. The molecule has 1 rings (SSSR count). The molecule has 4 unspecified atom stereocenters. The number of rotatable bonds is 4. The number of esters is 1. The molecule has 3 nitrogen and oxygen atoms in total. The van der Waals surface area contributed by atoms with Crippen molar-refractivity contribution < 1.29 is 14.6 Å². The summed E-state index contributed by atoms with van der Waals surface area (Å²) in [4.78, 5) is 11.6. The number of carbonyl (C=O) groups excluding carboxylic acids is 1. The van der Waals surface area contributed by atoms with Crippen molar-refractivity contribution in [2.45, 2.75) is 46.1 Å². The predicted molar refractivity (Wildman–Crippen MR) is 67.4 cm³/mol. The first-order chi connectivity index (χ1) is 7.99. The lowest BCUT2D eigenvalue weighted by molar-refractivity contribution is -0.151. The summed E-state index contributed by atoms with van der Waals surface area (Å²) in [6, 6.07) is 0. The fourth-order valence-electron chi connectivity index (χ4n) is 2.88. The standard InChI is InChI=1S/C14H24O3/c1-5-12(14(16)17-4)13(15)11-7-9(2)6-10(3)8-11/h6,9,11-13,15H,5,7-8H2,1-4H3. The Morgan fingerprint density at radius 1 is 1.65 bits per heavy atom. The molecule has 17 heavy (non-hydrogen) atoms. The molecule has 0 bridgehead atoms. The normalized spacial score (nSPS) is 28.2. The van der Waals surface area contributed by atoms with Crippen LogP contribution in [-0.4, -0.2) is 24.3 Å². The lowest BCUT2D eigenvalue weighted by Gasteiger charge is -2.32. The van der Waals surface area contributed by atoms with E-state index in [0.717, 1.165) is 12.8 Å². The maximum Gasteiger partial charge on any atom is 0.311 e. The molecule has 1 N–H and O–H groups in total. The zero-order valence-corrected chi connectivity index (χ0v) is 11.3. The molecule has 0 saturated carbocycles. The maximum atomic E-state index is 11.6. The van der Waals surface area contributed by atoms with Crippen LogP contribution in [0.1, 0.15) is 40.0 Å². The summed E-state index contributed by atoms with van der Waals surface area (Å²) < 4.78 is 4.76. The Morgan fingerprint density at radius 3 is 2.76 bits per heavy atom. The monoisotopic (exact) mass is 240 g/mol. The van der Waals surface area contributed by atoms with Gasteiger partial charge in [-0.15, -0.1) is 0 Å². The third-order valence-corrected chi connectivity index (χ3v) is 3.67. The van der Waals surface area contributed by atoms with E-state index in [2.05, 4.69) is 19.9 Å². The number of aliphatic hydroxyl groups is 1. The summed E-state index contributed by atoms with van der Waals surface area (Å²) >= 11 is 0. The van der Waals surface area contributed by atoms with E-state index in [-0.39, 0.29) is 17.8 Å². The Bertz CT molecular complexity index is 296. The predicted octanol–water partition coefficient (Wildman–Crippen LogP) is 2.54.